The first-order valence-corrected chi connectivity index (χ1v) is 8.52. The molecule has 0 saturated carbocycles. The number of hydrogen-bond donors (Lipinski definition) is 1. The molecule has 0 radical (unpaired) electrons. The third-order valence-electron chi connectivity index (χ3n) is 3.21. The topological polar surface area (TPSA) is 126 Å². The Morgan fingerprint density at radius 2 is 1.59 bits per heavy atom. The lowest BCUT2D eigenvalue weighted by Crippen LogP contribution is -2.13. The standard InChI is InChI=1S/C17H26N2O8/c1-23-17(21)2-3-24-4-5-25-6-7-26-8-9-27-16-10-14(12-18-22)19-15(11-16)13-20/h10-11,20H,2-9,12-13H2,1H3. The van der Waals surface area contributed by atoms with Crippen LogP contribution < -0.4 is 4.74 Å². The second-order valence-electron chi connectivity index (χ2n) is 5.24. The molecule has 0 fully saturated rings. The van der Waals surface area contributed by atoms with Crippen molar-refractivity contribution in [3.05, 3.63) is 28.4 Å². The van der Waals surface area contributed by atoms with Crippen LogP contribution in [0.25, 0.3) is 0 Å². The highest BCUT2D eigenvalue weighted by Crippen LogP contribution is 2.15. The average Bonchev–Trinajstić information content (AvgIpc) is 2.68. The number of carbonyl (C=O) groups excluding carboxylic acids is 1. The van der Waals surface area contributed by atoms with E-state index in [9.17, 15) is 9.70 Å². The number of aromatic nitrogens is 1. The van der Waals surface area contributed by atoms with Crippen LogP contribution in [-0.2, 0) is 36.9 Å². The molecule has 0 aliphatic carbocycles. The maximum absolute atomic E-state index is 10.8. The quantitative estimate of drug-likeness (QED) is 0.250. The van der Waals surface area contributed by atoms with Gasteiger partial charge in [-0.1, -0.05) is 5.18 Å². The van der Waals surface area contributed by atoms with Gasteiger partial charge in [0.05, 0.1) is 71.2 Å². The van der Waals surface area contributed by atoms with Crippen molar-refractivity contribution in [3.63, 3.8) is 0 Å². The van der Waals surface area contributed by atoms with Crippen molar-refractivity contribution in [1.82, 2.24) is 4.98 Å². The molecule has 0 saturated heterocycles. The van der Waals surface area contributed by atoms with Crippen molar-refractivity contribution in [2.24, 2.45) is 5.18 Å². The van der Waals surface area contributed by atoms with E-state index in [1.54, 1.807) is 12.1 Å². The molecule has 0 atom stereocenters. The lowest BCUT2D eigenvalue weighted by molar-refractivity contribution is -0.141. The molecule has 0 spiro atoms. The van der Waals surface area contributed by atoms with Crippen LogP contribution in [0.1, 0.15) is 17.8 Å². The monoisotopic (exact) mass is 386 g/mol. The first kappa shape index (κ1) is 22.9. The largest absolute Gasteiger partial charge is 0.491 e. The fourth-order valence-electron chi connectivity index (χ4n) is 1.95. The first-order valence-electron chi connectivity index (χ1n) is 8.52. The summed E-state index contributed by atoms with van der Waals surface area (Å²) in [5.74, 6) is 0.194. The minimum Gasteiger partial charge on any atom is -0.491 e. The first-order chi connectivity index (χ1) is 13.2. The van der Waals surface area contributed by atoms with Crippen LogP contribution in [0, 0.1) is 4.91 Å². The fraction of sp³-hybridized carbons (Fsp3) is 0.647. The molecular weight excluding hydrogens is 360 g/mol. The molecule has 1 aromatic heterocycles. The van der Waals surface area contributed by atoms with Crippen molar-refractivity contribution >= 4 is 5.97 Å². The number of rotatable bonds is 16. The normalized spacial score (nSPS) is 10.6. The van der Waals surface area contributed by atoms with Crippen molar-refractivity contribution in [3.8, 4) is 5.75 Å². The molecular formula is C17H26N2O8. The van der Waals surface area contributed by atoms with E-state index >= 15 is 0 Å². The van der Waals surface area contributed by atoms with E-state index in [0.29, 0.717) is 63.4 Å². The van der Waals surface area contributed by atoms with Crippen molar-refractivity contribution in [2.45, 2.75) is 19.6 Å². The Morgan fingerprint density at radius 3 is 2.19 bits per heavy atom. The summed E-state index contributed by atoms with van der Waals surface area (Å²) in [7, 11) is 1.34. The second kappa shape index (κ2) is 15.0. The predicted molar refractivity (Wildman–Crippen MR) is 94.2 cm³/mol. The number of nitroso groups, excluding NO2 is 1. The summed E-state index contributed by atoms with van der Waals surface area (Å²) >= 11 is 0. The molecule has 0 bridgehead atoms. The number of pyridine rings is 1. The van der Waals surface area contributed by atoms with E-state index in [0.717, 1.165) is 0 Å². The number of hydrogen-bond acceptors (Lipinski definition) is 10. The zero-order valence-electron chi connectivity index (χ0n) is 15.4. The number of esters is 1. The summed E-state index contributed by atoms with van der Waals surface area (Å²) < 4.78 is 25.9. The third-order valence-corrected chi connectivity index (χ3v) is 3.21. The number of methoxy groups -OCH3 is 1. The second-order valence-corrected chi connectivity index (χ2v) is 5.24. The molecule has 0 aliphatic heterocycles. The molecule has 152 valence electrons. The fourth-order valence-corrected chi connectivity index (χ4v) is 1.95. The van der Waals surface area contributed by atoms with Gasteiger partial charge >= 0.3 is 5.97 Å². The average molecular weight is 386 g/mol. The highest BCUT2D eigenvalue weighted by Gasteiger charge is 2.04. The maximum atomic E-state index is 10.8. The molecule has 1 heterocycles. The van der Waals surface area contributed by atoms with Crippen molar-refractivity contribution in [2.75, 3.05) is 53.4 Å². The minimum absolute atomic E-state index is 0.0789. The van der Waals surface area contributed by atoms with Crippen LogP contribution in [0.15, 0.2) is 17.3 Å². The van der Waals surface area contributed by atoms with Crippen LogP contribution in [-0.4, -0.2) is 69.4 Å². The van der Waals surface area contributed by atoms with Gasteiger partial charge in [-0.15, -0.1) is 0 Å². The molecule has 10 heteroatoms. The van der Waals surface area contributed by atoms with Gasteiger partial charge in [-0.05, 0) is 0 Å². The molecule has 1 N–H and O–H groups in total. The lowest BCUT2D eigenvalue weighted by Gasteiger charge is -2.10. The Bertz CT molecular complexity index is 556. The van der Waals surface area contributed by atoms with Gasteiger partial charge in [0.25, 0.3) is 0 Å². The third kappa shape index (κ3) is 11.2. The molecule has 0 aliphatic rings. The molecule has 0 amide bonds. The van der Waals surface area contributed by atoms with Crippen LogP contribution >= 0.6 is 0 Å². The van der Waals surface area contributed by atoms with E-state index < -0.39 is 0 Å². The zero-order chi connectivity index (χ0) is 19.7. The van der Waals surface area contributed by atoms with Gasteiger partial charge in [-0.3, -0.25) is 9.78 Å². The predicted octanol–water partition coefficient (Wildman–Crippen LogP) is 0.832. The van der Waals surface area contributed by atoms with E-state index in [1.807, 2.05) is 0 Å². The van der Waals surface area contributed by atoms with E-state index in [2.05, 4.69) is 14.9 Å². The Morgan fingerprint density at radius 1 is 1.00 bits per heavy atom. The van der Waals surface area contributed by atoms with Gasteiger partial charge in [-0.2, -0.15) is 4.91 Å². The van der Waals surface area contributed by atoms with Gasteiger partial charge in [0.15, 0.2) is 0 Å². The Hall–Kier alpha value is -2.14. The van der Waals surface area contributed by atoms with Crippen LogP contribution in [0.2, 0.25) is 0 Å². The highest BCUT2D eigenvalue weighted by atomic mass is 16.6. The molecule has 27 heavy (non-hydrogen) atoms. The summed E-state index contributed by atoms with van der Waals surface area (Å²) in [5.41, 5.74) is 0.851. The Balaban J connectivity index is 2.02. The van der Waals surface area contributed by atoms with E-state index in [1.165, 1.54) is 7.11 Å². The minimum atomic E-state index is -0.303. The summed E-state index contributed by atoms with van der Waals surface area (Å²) in [4.78, 5) is 25.2. The molecule has 1 rings (SSSR count). The van der Waals surface area contributed by atoms with Gasteiger partial charge in [0.1, 0.15) is 18.9 Å². The molecule has 0 unspecified atom stereocenters. The highest BCUT2D eigenvalue weighted by molar-refractivity contribution is 5.69. The smallest absolute Gasteiger partial charge is 0.307 e. The summed E-state index contributed by atoms with van der Waals surface area (Å²) in [5, 5.41) is 11.9. The van der Waals surface area contributed by atoms with Gasteiger partial charge in [0.2, 0.25) is 0 Å². The zero-order valence-corrected chi connectivity index (χ0v) is 15.4. The number of nitrogens with zero attached hydrogens (tertiary/aromatic N) is 2. The van der Waals surface area contributed by atoms with E-state index in [4.69, 9.17) is 24.1 Å². The Labute approximate surface area is 157 Å². The molecule has 10 nitrogen and oxygen atoms in total. The summed E-state index contributed by atoms with van der Waals surface area (Å²) in [6.07, 6.45) is 0.226. The van der Waals surface area contributed by atoms with Crippen LogP contribution in [0.5, 0.6) is 5.75 Å². The van der Waals surface area contributed by atoms with Gasteiger partial charge in [-0.25, -0.2) is 0 Å². The SMILES string of the molecule is COC(=O)CCOCCOCCOCCOc1cc(CO)nc(CN=O)c1. The van der Waals surface area contributed by atoms with E-state index in [-0.39, 0.29) is 25.5 Å². The summed E-state index contributed by atoms with van der Waals surface area (Å²) in [6.45, 7) is 2.28. The van der Waals surface area contributed by atoms with Crippen LogP contribution in [0.4, 0.5) is 0 Å². The van der Waals surface area contributed by atoms with Crippen LogP contribution in [0.3, 0.4) is 0 Å². The lowest BCUT2D eigenvalue weighted by atomic mass is 10.3. The number of carbonyl (C=O) groups is 1. The van der Waals surface area contributed by atoms with Gasteiger partial charge in [0, 0.05) is 12.1 Å². The van der Waals surface area contributed by atoms with Gasteiger partial charge < -0.3 is 28.8 Å². The molecule has 0 aromatic carbocycles. The maximum Gasteiger partial charge on any atom is 0.307 e. The summed E-state index contributed by atoms with van der Waals surface area (Å²) in [6, 6.07) is 3.20. The Kier molecular flexibility index (Phi) is 12.7. The molecule has 1 aromatic rings. The number of aliphatic hydroxyl groups is 1. The van der Waals surface area contributed by atoms with Crippen molar-refractivity contribution < 1.29 is 33.6 Å². The van der Waals surface area contributed by atoms with Crippen molar-refractivity contribution in [1.29, 1.82) is 0 Å². The number of aliphatic hydroxyl groups excluding tert-OH is 1. The number of ether oxygens (including phenoxy) is 5.